The molecule has 0 aliphatic heterocycles. The van der Waals surface area contributed by atoms with Crippen LogP contribution in [0.5, 0.6) is 11.5 Å². The molecular weight excluding hydrogens is 389 g/mol. The average molecular weight is 405 g/mol. The van der Waals surface area contributed by atoms with Crippen molar-refractivity contribution in [1.82, 2.24) is 4.98 Å². The van der Waals surface area contributed by atoms with Gasteiger partial charge in [-0.25, -0.2) is 13.8 Å². The van der Waals surface area contributed by atoms with Gasteiger partial charge >= 0.3 is 5.37 Å². The smallest absolute Gasteiger partial charge is 0.321 e. The van der Waals surface area contributed by atoms with Crippen molar-refractivity contribution in [2.45, 2.75) is 20.4 Å². The number of hydrogen-bond donors (Lipinski definition) is 0. The molecule has 0 N–H and O–H groups in total. The van der Waals surface area contributed by atoms with Gasteiger partial charge in [0.15, 0.2) is 23.1 Å². The highest BCUT2D eigenvalue weighted by molar-refractivity contribution is 6.66. The monoisotopic (exact) mass is 404 g/mol. The SMILES string of the molecule is COc1cc(OC)c(F)c(N(Cc2cnc(Cl)c(C)c2C)C(=O)Cl)c1F. The van der Waals surface area contributed by atoms with Gasteiger partial charge in [0.05, 0.1) is 20.8 Å². The molecule has 5 nitrogen and oxygen atoms in total. The lowest BCUT2D eigenvalue weighted by atomic mass is 10.1. The highest BCUT2D eigenvalue weighted by Crippen LogP contribution is 2.38. The fourth-order valence-corrected chi connectivity index (χ4v) is 2.73. The van der Waals surface area contributed by atoms with Crippen molar-refractivity contribution < 1.29 is 23.0 Å². The number of rotatable bonds is 5. The van der Waals surface area contributed by atoms with Crippen LogP contribution in [0.2, 0.25) is 5.15 Å². The van der Waals surface area contributed by atoms with E-state index in [-0.39, 0.29) is 18.0 Å². The van der Waals surface area contributed by atoms with Crippen LogP contribution in [0.3, 0.4) is 0 Å². The molecule has 1 heterocycles. The Balaban J connectivity index is 2.62. The summed E-state index contributed by atoms with van der Waals surface area (Å²) in [6.07, 6.45) is 1.42. The zero-order chi connectivity index (χ0) is 19.6. The van der Waals surface area contributed by atoms with E-state index in [2.05, 4.69) is 4.98 Å². The Kier molecular flexibility index (Phi) is 6.26. The summed E-state index contributed by atoms with van der Waals surface area (Å²) >= 11 is 11.6. The van der Waals surface area contributed by atoms with Gasteiger partial charge in [0.1, 0.15) is 10.8 Å². The molecule has 26 heavy (non-hydrogen) atoms. The summed E-state index contributed by atoms with van der Waals surface area (Å²) in [5.74, 6) is -2.72. The number of benzene rings is 1. The van der Waals surface area contributed by atoms with Gasteiger partial charge in [-0.05, 0) is 42.1 Å². The first kappa shape index (κ1) is 20.2. The van der Waals surface area contributed by atoms with Crippen molar-refractivity contribution in [3.8, 4) is 11.5 Å². The molecular formula is C17H16Cl2F2N2O3. The molecule has 0 unspecified atom stereocenters. The number of hydrogen-bond acceptors (Lipinski definition) is 4. The Morgan fingerprint density at radius 2 is 1.69 bits per heavy atom. The second-order valence-electron chi connectivity index (χ2n) is 5.42. The average Bonchev–Trinajstić information content (AvgIpc) is 2.61. The van der Waals surface area contributed by atoms with Crippen LogP contribution in [-0.2, 0) is 6.54 Å². The van der Waals surface area contributed by atoms with Gasteiger partial charge in [0.2, 0.25) is 0 Å². The van der Waals surface area contributed by atoms with E-state index in [4.69, 9.17) is 32.7 Å². The first-order chi connectivity index (χ1) is 12.2. The minimum Gasteiger partial charge on any atom is -0.493 e. The van der Waals surface area contributed by atoms with Gasteiger partial charge in [-0.3, -0.25) is 9.69 Å². The van der Waals surface area contributed by atoms with Crippen LogP contribution in [0.15, 0.2) is 12.3 Å². The van der Waals surface area contributed by atoms with E-state index in [0.717, 1.165) is 16.5 Å². The van der Waals surface area contributed by atoms with Crippen molar-refractivity contribution in [2.24, 2.45) is 0 Å². The molecule has 0 fully saturated rings. The molecule has 0 aliphatic rings. The molecule has 0 atom stereocenters. The fourth-order valence-electron chi connectivity index (χ4n) is 2.39. The zero-order valence-electron chi connectivity index (χ0n) is 14.5. The number of ether oxygens (including phenoxy) is 2. The predicted octanol–water partition coefficient (Wildman–Crippen LogP) is 5.01. The van der Waals surface area contributed by atoms with Crippen molar-refractivity contribution in [2.75, 3.05) is 19.1 Å². The van der Waals surface area contributed by atoms with E-state index in [9.17, 15) is 13.6 Å². The maximum absolute atomic E-state index is 14.7. The lowest BCUT2D eigenvalue weighted by Gasteiger charge is -2.24. The van der Waals surface area contributed by atoms with E-state index in [1.165, 1.54) is 20.4 Å². The summed E-state index contributed by atoms with van der Waals surface area (Å²) in [4.78, 5) is 16.7. The van der Waals surface area contributed by atoms with E-state index in [0.29, 0.717) is 16.3 Å². The number of methoxy groups -OCH3 is 2. The van der Waals surface area contributed by atoms with Crippen LogP contribution in [-0.4, -0.2) is 24.6 Å². The van der Waals surface area contributed by atoms with Gasteiger partial charge < -0.3 is 9.47 Å². The molecule has 2 aromatic rings. The molecule has 140 valence electrons. The molecule has 2 rings (SSSR count). The lowest BCUT2D eigenvalue weighted by molar-refractivity contribution is 0.263. The van der Waals surface area contributed by atoms with E-state index in [1.54, 1.807) is 13.8 Å². The summed E-state index contributed by atoms with van der Waals surface area (Å²) in [7, 11) is 2.42. The number of halogens is 4. The molecule has 0 saturated heterocycles. The molecule has 9 heteroatoms. The molecule has 0 radical (unpaired) electrons. The Morgan fingerprint density at radius 1 is 1.15 bits per heavy atom. The molecule has 1 aromatic heterocycles. The van der Waals surface area contributed by atoms with Gasteiger partial charge in [0.25, 0.3) is 0 Å². The maximum Gasteiger partial charge on any atom is 0.321 e. The Morgan fingerprint density at radius 3 is 2.15 bits per heavy atom. The summed E-state index contributed by atoms with van der Waals surface area (Å²) in [5, 5.41) is -0.777. The summed E-state index contributed by atoms with van der Waals surface area (Å²) in [5.41, 5.74) is 1.27. The quantitative estimate of drug-likeness (QED) is 0.399. The largest absolute Gasteiger partial charge is 0.493 e. The number of pyridine rings is 1. The summed E-state index contributed by atoms with van der Waals surface area (Å²) in [6, 6.07) is 1.05. The highest BCUT2D eigenvalue weighted by Gasteiger charge is 2.28. The van der Waals surface area contributed by atoms with E-state index in [1.807, 2.05) is 0 Å². The third kappa shape index (κ3) is 3.68. The molecule has 1 amide bonds. The number of carbonyl (C=O) groups excluding carboxylic acids is 1. The van der Waals surface area contributed by atoms with Crippen molar-refractivity contribution >= 4 is 34.3 Å². The van der Waals surface area contributed by atoms with Crippen LogP contribution in [0.1, 0.15) is 16.7 Å². The first-order valence-electron chi connectivity index (χ1n) is 7.40. The molecule has 0 aliphatic carbocycles. The second-order valence-corrected chi connectivity index (χ2v) is 6.10. The third-order valence-corrected chi connectivity index (χ3v) is 4.63. The van der Waals surface area contributed by atoms with Gasteiger partial charge in [-0.2, -0.15) is 0 Å². The standard InChI is InChI=1S/C17H16Cl2F2N2O3/c1-8-9(2)16(18)22-6-10(8)7-23(17(19)24)15-13(20)11(25-3)5-12(26-4)14(15)21/h5-6H,7H2,1-4H3. The Labute approximate surface area is 159 Å². The summed E-state index contributed by atoms with van der Waals surface area (Å²) < 4.78 is 39.2. The van der Waals surface area contributed by atoms with Crippen LogP contribution >= 0.6 is 23.2 Å². The number of anilines is 1. The minimum absolute atomic E-state index is 0.219. The maximum atomic E-state index is 14.7. The minimum atomic E-state index is -1.08. The van der Waals surface area contributed by atoms with Gasteiger partial charge in [0, 0.05) is 12.3 Å². The predicted molar refractivity (Wildman–Crippen MR) is 95.6 cm³/mol. The van der Waals surface area contributed by atoms with E-state index < -0.39 is 22.7 Å². The number of carbonyl (C=O) groups is 1. The van der Waals surface area contributed by atoms with Crippen molar-refractivity contribution in [1.29, 1.82) is 0 Å². The highest BCUT2D eigenvalue weighted by atomic mass is 35.5. The summed E-state index contributed by atoms with van der Waals surface area (Å²) in [6.45, 7) is 3.29. The van der Waals surface area contributed by atoms with E-state index >= 15 is 0 Å². The van der Waals surface area contributed by atoms with Crippen LogP contribution in [0, 0.1) is 25.5 Å². The Hall–Kier alpha value is -2.12. The first-order valence-corrected chi connectivity index (χ1v) is 8.16. The van der Waals surface area contributed by atoms with Crippen molar-refractivity contribution in [3.63, 3.8) is 0 Å². The second kappa shape index (κ2) is 8.05. The fraction of sp³-hybridized carbons (Fsp3) is 0.294. The van der Waals surface area contributed by atoms with Crippen molar-refractivity contribution in [3.05, 3.63) is 45.7 Å². The molecule has 0 bridgehead atoms. The lowest BCUT2D eigenvalue weighted by Crippen LogP contribution is -2.28. The molecule has 0 saturated carbocycles. The topological polar surface area (TPSA) is 51.7 Å². The number of amides is 1. The van der Waals surface area contributed by atoms with Crippen LogP contribution in [0.4, 0.5) is 19.3 Å². The van der Waals surface area contributed by atoms with Crippen LogP contribution < -0.4 is 14.4 Å². The number of aromatic nitrogens is 1. The third-order valence-electron chi connectivity index (χ3n) is 4.05. The molecule has 1 aromatic carbocycles. The van der Waals surface area contributed by atoms with Gasteiger partial charge in [-0.15, -0.1) is 0 Å². The Bertz CT molecular complexity index is 834. The van der Waals surface area contributed by atoms with Crippen LogP contribution in [0.25, 0.3) is 0 Å². The zero-order valence-corrected chi connectivity index (χ0v) is 16.0. The molecule has 0 spiro atoms. The normalized spacial score (nSPS) is 10.6. The number of nitrogens with zero attached hydrogens (tertiary/aromatic N) is 2. The van der Waals surface area contributed by atoms with Gasteiger partial charge in [-0.1, -0.05) is 11.6 Å².